The van der Waals surface area contributed by atoms with Crippen LogP contribution in [-0.4, -0.2) is 36.6 Å². The Hall–Kier alpha value is -1.72. The molecule has 0 saturated carbocycles. The van der Waals surface area contributed by atoms with Gasteiger partial charge in [-0.15, -0.1) is 5.54 Å². The van der Waals surface area contributed by atoms with Crippen LogP contribution in [-0.2, 0) is 7.05 Å². The maximum atomic E-state index is 13.5. The molecule has 0 spiro atoms. The summed E-state index contributed by atoms with van der Waals surface area (Å²) in [6.07, 6.45) is -0.458. The minimum atomic E-state index is -2.64. The van der Waals surface area contributed by atoms with Gasteiger partial charge >= 0.3 is 0 Å². The third kappa shape index (κ3) is 4.41. The van der Waals surface area contributed by atoms with Crippen LogP contribution in [0.1, 0.15) is 18.4 Å². The Morgan fingerprint density at radius 3 is 2.44 bits per heavy atom. The molecule has 1 fully saturated rings. The van der Waals surface area contributed by atoms with Crippen molar-refractivity contribution in [3.8, 4) is 11.5 Å². The molecule has 27 heavy (non-hydrogen) atoms. The molecule has 2 heterocycles. The summed E-state index contributed by atoms with van der Waals surface area (Å²) in [4.78, 5) is 19.3. The smallest absolute Gasteiger partial charge is 0.262 e. The fourth-order valence-corrected chi connectivity index (χ4v) is 4.04. The fraction of sp³-hybridized carbons (Fsp3) is 0.474. The molecular formula is C19H22BrF2N3OSi. The molecule has 3 rings (SSSR count). The summed E-state index contributed by atoms with van der Waals surface area (Å²) in [6, 6.07) is 3.62. The summed E-state index contributed by atoms with van der Waals surface area (Å²) in [5.41, 5.74) is 4.39. The van der Waals surface area contributed by atoms with E-state index in [-0.39, 0.29) is 31.5 Å². The van der Waals surface area contributed by atoms with Crippen molar-refractivity contribution in [3.63, 3.8) is 0 Å². The molecule has 1 aliphatic heterocycles. The van der Waals surface area contributed by atoms with Gasteiger partial charge < -0.3 is 4.90 Å². The van der Waals surface area contributed by atoms with E-state index in [0.717, 1.165) is 5.56 Å². The lowest BCUT2D eigenvalue weighted by Crippen LogP contribution is -2.42. The molecule has 144 valence electrons. The minimum absolute atomic E-state index is 0.177. The van der Waals surface area contributed by atoms with Gasteiger partial charge in [0.2, 0.25) is 5.95 Å². The highest BCUT2D eigenvalue weighted by atomic mass is 79.9. The lowest BCUT2D eigenvalue weighted by Gasteiger charge is -2.33. The second-order valence-corrected chi connectivity index (χ2v) is 13.6. The fourth-order valence-electron chi connectivity index (χ4n) is 2.97. The van der Waals surface area contributed by atoms with E-state index >= 15 is 0 Å². The Kier molecular flexibility index (Phi) is 5.21. The number of piperidine rings is 1. The summed E-state index contributed by atoms with van der Waals surface area (Å²) < 4.78 is 29.0. The number of alkyl halides is 2. The van der Waals surface area contributed by atoms with E-state index in [2.05, 4.69) is 52.0 Å². The van der Waals surface area contributed by atoms with Crippen LogP contribution in [0.3, 0.4) is 0 Å². The summed E-state index contributed by atoms with van der Waals surface area (Å²) in [5.74, 6) is 0.942. The zero-order valence-corrected chi connectivity index (χ0v) is 18.5. The molecule has 8 heteroatoms. The molecule has 2 aromatic rings. The van der Waals surface area contributed by atoms with Gasteiger partial charge in [0, 0.05) is 43.0 Å². The Bertz CT molecular complexity index is 1010. The van der Waals surface area contributed by atoms with Crippen molar-refractivity contribution in [2.24, 2.45) is 7.05 Å². The Morgan fingerprint density at radius 1 is 1.22 bits per heavy atom. The van der Waals surface area contributed by atoms with Crippen LogP contribution in [0.15, 0.2) is 21.4 Å². The number of hydrogen-bond donors (Lipinski definition) is 0. The van der Waals surface area contributed by atoms with Crippen LogP contribution < -0.4 is 10.5 Å². The van der Waals surface area contributed by atoms with Crippen molar-refractivity contribution in [1.29, 1.82) is 0 Å². The predicted molar refractivity (Wildman–Crippen MR) is 111 cm³/mol. The summed E-state index contributed by atoms with van der Waals surface area (Å²) in [6.45, 7) is 6.83. The molecule has 1 aromatic carbocycles. The predicted octanol–water partition coefficient (Wildman–Crippen LogP) is 4.16. The highest BCUT2D eigenvalue weighted by Crippen LogP contribution is 2.30. The maximum absolute atomic E-state index is 13.5. The lowest BCUT2D eigenvalue weighted by atomic mass is 10.1. The summed E-state index contributed by atoms with van der Waals surface area (Å²) in [5, 5.41) is 0.470. The van der Waals surface area contributed by atoms with Crippen LogP contribution in [0.25, 0.3) is 10.9 Å². The van der Waals surface area contributed by atoms with Gasteiger partial charge in [-0.25, -0.2) is 13.8 Å². The standard InChI is InChI=1S/C19H22BrF2N3OSi/c1-24-17(26)14-11-13(5-10-27(2,3)4)12-15(20)16(14)23-18(24)25-8-6-19(21,22)7-9-25/h11-12H,6-9H2,1-4H3. The number of anilines is 1. The average Bonchev–Trinajstić information content (AvgIpc) is 2.56. The second-order valence-electron chi connectivity index (χ2n) is 7.97. The zero-order chi connectivity index (χ0) is 20.0. The molecule has 1 saturated heterocycles. The molecule has 4 nitrogen and oxygen atoms in total. The number of rotatable bonds is 1. The number of aromatic nitrogens is 2. The van der Waals surface area contributed by atoms with Gasteiger partial charge in [0.05, 0.1) is 10.9 Å². The van der Waals surface area contributed by atoms with Gasteiger partial charge in [-0.05, 0) is 28.1 Å². The topological polar surface area (TPSA) is 38.1 Å². The van der Waals surface area contributed by atoms with Gasteiger partial charge in [0.15, 0.2) is 0 Å². The quantitative estimate of drug-likeness (QED) is 0.480. The van der Waals surface area contributed by atoms with Gasteiger partial charge in [-0.2, -0.15) is 0 Å². The monoisotopic (exact) mass is 453 g/mol. The number of fused-ring (bicyclic) bond motifs is 1. The third-order valence-corrected chi connectivity index (χ3v) is 5.95. The first-order valence-electron chi connectivity index (χ1n) is 8.83. The van der Waals surface area contributed by atoms with E-state index < -0.39 is 14.0 Å². The van der Waals surface area contributed by atoms with Gasteiger partial charge in [-0.3, -0.25) is 9.36 Å². The van der Waals surface area contributed by atoms with Crippen molar-refractivity contribution in [1.82, 2.24) is 9.55 Å². The molecule has 1 aromatic heterocycles. The first kappa shape index (κ1) is 20.0. The van der Waals surface area contributed by atoms with E-state index in [9.17, 15) is 13.6 Å². The molecule has 0 unspecified atom stereocenters. The van der Waals surface area contributed by atoms with Crippen molar-refractivity contribution in [2.75, 3.05) is 18.0 Å². The van der Waals surface area contributed by atoms with E-state index in [0.29, 0.717) is 21.3 Å². The van der Waals surface area contributed by atoms with Crippen LogP contribution in [0, 0.1) is 11.5 Å². The van der Waals surface area contributed by atoms with Crippen LogP contribution in [0.2, 0.25) is 19.6 Å². The average molecular weight is 454 g/mol. The molecule has 1 aliphatic rings. The number of hydrogen-bond acceptors (Lipinski definition) is 3. The summed E-state index contributed by atoms with van der Waals surface area (Å²) >= 11 is 3.50. The highest BCUT2D eigenvalue weighted by molar-refractivity contribution is 9.10. The van der Waals surface area contributed by atoms with E-state index in [1.165, 1.54) is 4.57 Å². The van der Waals surface area contributed by atoms with E-state index in [1.807, 2.05) is 6.07 Å². The lowest BCUT2D eigenvalue weighted by molar-refractivity contribution is -0.0223. The van der Waals surface area contributed by atoms with Gasteiger partial charge in [0.1, 0.15) is 8.07 Å². The van der Waals surface area contributed by atoms with Crippen molar-refractivity contribution in [3.05, 3.63) is 32.5 Å². The summed E-state index contributed by atoms with van der Waals surface area (Å²) in [7, 11) is 0.0941. The van der Waals surface area contributed by atoms with Crippen LogP contribution in [0.4, 0.5) is 14.7 Å². The first-order chi connectivity index (χ1) is 12.5. The van der Waals surface area contributed by atoms with Crippen molar-refractivity contribution >= 4 is 40.9 Å². The van der Waals surface area contributed by atoms with Gasteiger partial charge in [0.25, 0.3) is 11.5 Å². The maximum Gasteiger partial charge on any atom is 0.262 e. The Morgan fingerprint density at radius 2 is 1.85 bits per heavy atom. The number of benzene rings is 1. The van der Waals surface area contributed by atoms with Crippen LogP contribution in [0.5, 0.6) is 0 Å². The van der Waals surface area contributed by atoms with Crippen molar-refractivity contribution in [2.45, 2.75) is 38.4 Å². The largest absolute Gasteiger partial charge is 0.342 e. The zero-order valence-electron chi connectivity index (χ0n) is 15.9. The molecule has 0 atom stereocenters. The molecular weight excluding hydrogens is 432 g/mol. The molecule has 0 amide bonds. The Labute approximate surface area is 166 Å². The Balaban J connectivity index is 2.08. The van der Waals surface area contributed by atoms with E-state index in [4.69, 9.17) is 0 Å². The highest BCUT2D eigenvalue weighted by Gasteiger charge is 2.35. The van der Waals surface area contributed by atoms with Crippen LogP contribution >= 0.6 is 15.9 Å². The van der Waals surface area contributed by atoms with Gasteiger partial charge in [-0.1, -0.05) is 25.6 Å². The first-order valence-corrected chi connectivity index (χ1v) is 13.1. The minimum Gasteiger partial charge on any atom is -0.342 e. The SMILES string of the molecule is Cn1c(N2CCC(F)(F)CC2)nc2c(Br)cc(C#C[Si](C)(C)C)cc2c1=O. The van der Waals surface area contributed by atoms with Crippen molar-refractivity contribution < 1.29 is 8.78 Å². The third-order valence-electron chi connectivity index (χ3n) is 4.47. The number of halogens is 3. The molecule has 0 aliphatic carbocycles. The molecule has 0 bridgehead atoms. The molecule has 0 radical (unpaired) electrons. The number of nitrogens with zero attached hydrogens (tertiary/aromatic N) is 3. The molecule has 0 N–H and O–H groups in total. The second kappa shape index (κ2) is 7.02. The normalized spacial score (nSPS) is 16.9. The van der Waals surface area contributed by atoms with E-state index in [1.54, 1.807) is 18.0 Å².